The lowest BCUT2D eigenvalue weighted by Gasteiger charge is -2.34. The van der Waals surface area contributed by atoms with Crippen molar-refractivity contribution < 1.29 is 9.59 Å². The van der Waals surface area contributed by atoms with Gasteiger partial charge in [-0.25, -0.2) is 0 Å². The summed E-state index contributed by atoms with van der Waals surface area (Å²) in [5, 5.41) is 0. The number of amides is 2. The second kappa shape index (κ2) is 5.51. The van der Waals surface area contributed by atoms with E-state index < -0.39 is 0 Å². The molecule has 0 unspecified atom stereocenters. The Morgan fingerprint density at radius 2 is 1.71 bits per heavy atom. The van der Waals surface area contributed by atoms with Crippen LogP contribution < -0.4 is 4.90 Å². The number of benzene rings is 1. The predicted molar refractivity (Wildman–Crippen MR) is 82.2 cm³/mol. The Morgan fingerprint density at radius 1 is 1.05 bits per heavy atom. The Kier molecular flexibility index (Phi) is 3.70. The highest BCUT2D eigenvalue weighted by atomic mass is 16.2. The van der Waals surface area contributed by atoms with Crippen LogP contribution in [0.1, 0.15) is 38.2 Å². The molecule has 21 heavy (non-hydrogen) atoms. The van der Waals surface area contributed by atoms with Crippen molar-refractivity contribution in [2.75, 3.05) is 24.5 Å². The van der Waals surface area contributed by atoms with Gasteiger partial charge in [0.2, 0.25) is 0 Å². The summed E-state index contributed by atoms with van der Waals surface area (Å²) < 4.78 is 0. The summed E-state index contributed by atoms with van der Waals surface area (Å²) in [5.74, 6) is 0.352. The molecule has 0 N–H and O–H groups in total. The molecule has 4 heteroatoms. The van der Waals surface area contributed by atoms with Crippen LogP contribution in [0.15, 0.2) is 24.3 Å². The first-order valence-electron chi connectivity index (χ1n) is 7.77. The molecule has 1 aliphatic carbocycles. The lowest BCUT2D eigenvalue weighted by atomic mass is 10.0. The molecule has 1 saturated carbocycles. The van der Waals surface area contributed by atoms with Gasteiger partial charge < -0.3 is 9.80 Å². The maximum Gasteiger partial charge on any atom is 0.316 e. The first-order chi connectivity index (χ1) is 10.1. The zero-order chi connectivity index (χ0) is 15.0. The lowest BCUT2D eigenvalue weighted by molar-refractivity contribution is -0.146. The minimum Gasteiger partial charge on any atom is -0.332 e. The van der Waals surface area contributed by atoms with E-state index in [9.17, 15) is 9.59 Å². The van der Waals surface area contributed by atoms with Gasteiger partial charge in [-0.3, -0.25) is 9.59 Å². The minimum atomic E-state index is -0.390. The predicted octanol–water partition coefficient (Wildman–Crippen LogP) is 2.40. The van der Waals surface area contributed by atoms with Crippen LogP contribution >= 0.6 is 0 Å². The van der Waals surface area contributed by atoms with E-state index in [0.717, 1.165) is 12.2 Å². The Hall–Kier alpha value is -1.84. The van der Waals surface area contributed by atoms with E-state index >= 15 is 0 Å². The zero-order valence-corrected chi connectivity index (χ0v) is 12.7. The number of rotatable bonds is 4. The number of nitrogens with zero attached hydrogens (tertiary/aromatic N) is 2. The Labute approximate surface area is 125 Å². The highest BCUT2D eigenvalue weighted by Crippen LogP contribution is 2.30. The van der Waals surface area contributed by atoms with Gasteiger partial charge in [0, 0.05) is 25.3 Å². The standard InChI is InChI=1S/C17H22N2O2/c1-12(2)14-5-7-15(8-6-14)19-10-9-18(11-13-3-4-13)16(20)17(19)21/h5-8,12-13H,3-4,9-11H2,1-2H3. The molecule has 2 amide bonds. The largest absolute Gasteiger partial charge is 0.332 e. The van der Waals surface area contributed by atoms with Crippen molar-refractivity contribution in [3.63, 3.8) is 0 Å². The summed E-state index contributed by atoms with van der Waals surface area (Å²) in [7, 11) is 0. The van der Waals surface area contributed by atoms with Gasteiger partial charge in [-0.2, -0.15) is 0 Å². The van der Waals surface area contributed by atoms with Crippen LogP contribution in [0.3, 0.4) is 0 Å². The van der Waals surface area contributed by atoms with E-state index in [1.165, 1.54) is 18.4 Å². The monoisotopic (exact) mass is 286 g/mol. The normalized spacial score (nSPS) is 19.6. The summed E-state index contributed by atoms with van der Waals surface area (Å²) >= 11 is 0. The van der Waals surface area contributed by atoms with Crippen molar-refractivity contribution in [3.8, 4) is 0 Å². The molecule has 1 heterocycles. The van der Waals surface area contributed by atoms with Crippen LogP contribution in [0.2, 0.25) is 0 Å². The van der Waals surface area contributed by atoms with E-state index in [-0.39, 0.29) is 11.8 Å². The third-order valence-electron chi connectivity index (χ3n) is 4.36. The SMILES string of the molecule is CC(C)c1ccc(N2CCN(CC3CC3)C(=O)C2=O)cc1. The molecular weight excluding hydrogens is 264 g/mol. The van der Waals surface area contributed by atoms with Gasteiger partial charge in [0.25, 0.3) is 0 Å². The third kappa shape index (κ3) is 2.94. The Morgan fingerprint density at radius 3 is 2.29 bits per heavy atom. The van der Waals surface area contributed by atoms with Gasteiger partial charge >= 0.3 is 11.8 Å². The quantitative estimate of drug-likeness (QED) is 0.797. The molecule has 112 valence electrons. The molecule has 0 bridgehead atoms. The second-order valence-corrected chi connectivity index (χ2v) is 6.40. The molecule has 1 aromatic rings. The molecule has 1 saturated heterocycles. The van der Waals surface area contributed by atoms with Crippen LogP contribution in [0.25, 0.3) is 0 Å². The highest BCUT2D eigenvalue weighted by Gasteiger charge is 2.36. The average Bonchev–Trinajstić information content (AvgIpc) is 3.28. The van der Waals surface area contributed by atoms with Crippen LogP contribution in [0.4, 0.5) is 5.69 Å². The van der Waals surface area contributed by atoms with Crippen LogP contribution in [0, 0.1) is 5.92 Å². The number of anilines is 1. The number of hydrogen-bond donors (Lipinski definition) is 0. The van der Waals surface area contributed by atoms with Gasteiger partial charge in [0.05, 0.1) is 0 Å². The first kappa shape index (κ1) is 14.1. The molecule has 2 fully saturated rings. The fourth-order valence-corrected chi connectivity index (χ4v) is 2.75. The maximum absolute atomic E-state index is 12.3. The van der Waals surface area contributed by atoms with Crippen molar-refractivity contribution >= 4 is 17.5 Å². The number of carbonyl (C=O) groups is 2. The van der Waals surface area contributed by atoms with Gasteiger partial charge in [-0.15, -0.1) is 0 Å². The van der Waals surface area contributed by atoms with Crippen LogP contribution in [0.5, 0.6) is 0 Å². The molecule has 0 radical (unpaired) electrons. The maximum atomic E-state index is 12.3. The van der Waals surface area contributed by atoms with E-state index in [0.29, 0.717) is 24.9 Å². The zero-order valence-electron chi connectivity index (χ0n) is 12.7. The van der Waals surface area contributed by atoms with Crippen molar-refractivity contribution in [2.24, 2.45) is 5.92 Å². The summed E-state index contributed by atoms with van der Waals surface area (Å²) in [6.07, 6.45) is 2.39. The van der Waals surface area contributed by atoms with Gasteiger partial charge in [0.1, 0.15) is 0 Å². The van der Waals surface area contributed by atoms with E-state index in [4.69, 9.17) is 0 Å². The lowest BCUT2D eigenvalue weighted by Crippen LogP contribution is -2.55. The molecule has 1 aromatic carbocycles. The molecular formula is C17H22N2O2. The average molecular weight is 286 g/mol. The summed E-state index contributed by atoms with van der Waals surface area (Å²) in [6.45, 7) is 6.27. The summed E-state index contributed by atoms with van der Waals surface area (Å²) in [6, 6.07) is 7.96. The van der Waals surface area contributed by atoms with Crippen molar-refractivity contribution in [3.05, 3.63) is 29.8 Å². The van der Waals surface area contributed by atoms with Gasteiger partial charge in [0.15, 0.2) is 0 Å². The third-order valence-corrected chi connectivity index (χ3v) is 4.36. The van der Waals surface area contributed by atoms with Crippen LogP contribution in [-0.2, 0) is 9.59 Å². The number of carbonyl (C=O) groups excluding carboxylic acids is 2. The topological polar surface area (TPSA) is 40.6 Å². The summed E-state index contributed by atoms with van der Waals surface area (Å²) in [5.41, 5.74) is 2.06. The number of hydrogen-bond acceptors (Lipinski definition) is 2. The molecule has 0 aromatic heterocycles. The van der Waals surface area contributed by atoms with E-state index in [1.54, 1.807) is 9.80 Å². The smallest absolute Gasteiger partial charge is 0.316 e. The van der Waals surface area contributed by atoms with Crippen molar-refractivity contribution in [1.29, 1.82) is 0 Å². The second-order valence-electron chi connectivity index (χ2n) is 6.40. The molecule has 3 rings (SSSR count). The molecule has 1 aliphatic heterocycles. The molecule has 0 spiro atoms. The van der Waals surface area contributed by atoms with E-state index in [2.05, 4.69) is 13.8 Å². The fourth-order valence-electron chi connectivity index (χ4n) is 2.75. The van der Waals surface area contributed by atoms with Crippen molar-refractivity contribution in [1.82, 2.24) is 4.90 Å². The van der Waals surface area contributed by atoms with Crippen molar-refractivity contribution in [2.45, 2.75) is 32.6 Å². The van der Waals surface area contributed by atoms with Gasteiger partial charge in [-0.1, -0.05) is 26.0 Å². The fraction of sp³-hybridized carbons (Fsp3) is 0.529. The number of piperazine rings is 1. The molecule has 4 nitrogen and oxygen atoms in total. The Balaban J connectivity index is 1.71. The highest BCUT2D eigenvalue weighted by molar-refractivity contribution is 6.41. The Bertz CT molecular complexity index is 546. The molecule has 2 aliphatic rings. The van der Waals surface area contributed by atoms with E-state index in [1.807, 2.05) is 24.3 Å². The first-order valence-corrected chi connectivity index (χ1v) is 7.77. The summed E-state index contributed by atoms with van der Waals surface area (Å²) in [4.78, 5) is 27.8. The minimum absolute atomic E-state index is 0.346. The van der Waals surface area contributed by atoms with Gasteiger partial charge in [-0.05, 0) is 42.4 Å². The van der Waals surface area contributed by atoms with Crippen LogP contribution in [-0.4, -0.2) is 36.3 Å². The molecule has 0 atom stereocenters.